The minimum Gasteiger partial charge on any atom is -0.490 e. The van der Waals surface area contributed by atoms with Crippen molar-refractivity contribution in [1.29, 1.82) is 0 Å². The smallest absolute Gasteiger partial charge is 0.335 e. The molecule has 56 heavy (non-hydrogen) atoms. The Labute approximate surface area is 325 Å². The summed E-state index contributed by atoms with van der Waals surface area (Å²) in [5.41, 5.74) is 4.51. The van der Waals surface area contributed by atoms with Crippen molar-refractivity contribution >= 4 is 30.0 Å². The Morgan fingerprint density at radius 1 is 0.625 bits per heavy atom. The highest BCUT2D eigenvalue weighted by Crippen LogP contribution is 2.35. The van der Waals surface area contributed by atoms with Gasteiger partial charge in [-0.05, 0) is 90.9 Å². The van der Waals surface area contributed by atoms with E-state index in [0.717, 1.165) is 34.9 Å². The number of hydrogen-bond donors (Lipinski definition) is 0. The van der Waals surface area contributed by atoms with Crippen LogP contribution >= 0.6 is 0 Å². The maximum Gasteiger partial charge on any atom is 0.335 e. The molecule has 4 aromatic carbocycles. The lowest BCUT2D eigenvalue weighted by Gasteiger charge is -2.14. The average molecular weight is 749 g/mol. The predicted octanol–water partition coefficient (Wildman–Crippen LogP) is 7.51. The molecule has 0 unspecified atom stereocenters. The van der Waals surface area contributed by atoms with Crippen molar-refractivity contribution in [1.82, 2.24) is 0 Å². The van der Waals surface area contributed by atoms with Crippen molar-refractivity contribution in [3.8, 4) is 52.1 Å². The molecule has 280 valence electrons. The highest BCUT2D eigenvalue weighted by Gasteiger charge is 2.17. The van der Waals surface area contributed by atoms with Crippen molar-refractivity contribution in [3.05, 3.63) is 169 Å². The second-order valence-electron chi connectivity index (χ2n) is 11.3. The zero-order chi connectivity index (χ0) is 40.3. The molecule has 0 radical (unpaired) electrons. The predicted molar refractivity (Wildman–Crippen MR) is 211 cm³/mol. The average Bonchev–Trinajstić information content (AvgIpc) is 3.22. The van der Waals surface area contributed by atoms with Gasteiger partial charge in [-0.2, -0.15) is 0 Å². The van der Waals surface area contributed by atoms with Gasteiger partial charge in [0.2, 0.25) is 6.79 Å². The molecule has 0 saturated heterocycles. The van der Waals surface area contributed by atoms with Crippen molar-refractivity contribution in [2.45, 2.75) is 6.92 Å². The van der Waals surface area contributed by atoms with Gasteiger partial charge in [0.15, 0.2) is 5.75 Å². The van der Waals surface area contributed by atoms with Crippen LogP contribution in [0, 0.1) is 23.7 Å². The van der Waals surface area contributed by atoms with E-state index in [0.29, 0.717) is 33.8 Å². The molecule has 0 aromatic heterocycles. The van der Waals surface area contributed by atoms with Crippen molar-refractivity contribution in [3.63, 3.8) is 0 Å². The van der Waals surface area contributed by atoms with Crippen LogP contribution in [-0.2, 0) is 33.4 Å². The zero-order valence-corrected chi connectivity index (χ0v) is 30.5. The maximum atomic E-state index is 12.6. The first-order valence-electron chi connectivity index (χ1n) is 16.8. The van der Waals surface area contributed by atoms with Gasteiger partial charge in [0, 0.05) is 46.1 Å². The zero-order valence-electron chi connectivity index (χ0n) is 30.5. The summed E-state index contributed by atoms with van der Waals surface area (Å²) in [7, 11) is 0. The molecule has 0 saturated carbocycles. The molecule has 0 amide bonds. The third-order valence-electron chi connectivity index (χ3n) is 7.28. The summed E-state index contributed by atoms with van der Waals surface area (Å²) in [6.07, 6.45) is 5.81. The van der Waals surface area contributed by atoms with E-state index in [4.69, 9.17) is 28.4 Å². The Bertz CT molecular complexity index is 2270. The topological polar surface area (TPSA) is 124 Å². The largest absolute Gasteiger partial charge is 0.490 e. The van der Waals surface area contributed by atoms with Gasteiger partial charge < -0.3 is 28.4 Å². The van der Waals surface area contributed by atoms with E-state index in [1.807, 2.05) is 36.4 Å². The Kier molecular flexibility index (Phi) is 15.4. The van der Waals surface area contributed by atoms with Crippen LogP contribution < -0.4 is 14.2 Å². The van der Waals surface area contributed by atoms with Crippen LogP contribution in [0.15, 0.2) is 141 Å². The van der Waals surface area contributed by atoms with Crippen LogP contribution in [0.3, 0.4) is 0 Å². The molecular formula is C46H36O10. The Balaban J connectivity index is 1.60. The van der Waals surface area contributed by atoms with Gasteiger partial charge >= 0.3 is 23.9 Å². The lowest BCUT2D eigenvalue weighted by atomic mass is 9.95. The highest BCUT2D eigenvalue weighted by molar-refractivity contribution is 5.89. The van der Waals surface area contributed by atoms with Crippen molar-refractivity contribution in [2.75, 3.05) is 20.0 Å². The van der Waals surface area contributed by atoms with Gasteiger partial charge in [0.1, 0.15) is 24.7 Å². The van der Waals surface area contributed by atoms with Crippen molar-refractivity contribution in [2.24, 2.45) is 0 Å². The number of esters is 4. The summed E-state index contributed by atoms with van der Waals surface area (Å²) in [6, 6.07) is 24.9. The van der Waals surface area contributed by atoms with Gasteiger partial charge in [-0.3, -0.25) is 0 Å². The molecule has 0 spiro atoms. The SMILES string of the molecule is C=CC(=O)O/C=C/c1c(-c2ccc(C#Cc3ccc(OCCOC(=O)C=C)cc3)cc2)ccc(C#Cc2ccc(OCOC(=O)C(=C)C)cc2)c1OC(=O)C=C. The van der Waals surface area contributed by atoms with Crippen LogP contribution in [-0.4, -0.2) is 43.9 Å². The van der Waals surface area contributed by atoms with E-state index < -0.39 is 23.9 Å². The first-order chi connectivity index (χ1) is 27.1. The molecule has 10 heteroatoms. The Hall–Kier alpha value is -7.82. The lowest BCUT2D eigenvalue weighted by molar-refractivity contribution is -0.145. The molecule has 0 bridgehead atoms. The normalized spacial score (nSPS) is 9.95. The fourth-order valence-corrected chi connectivity index (χ4v) is 4.51. The lowest BCUT2D eigenvalue weighted by Crippen LogP contribution is -2.10. The van der Waals surface area contributed by atoms with Gasteiger partial charge in [-0.25, -0.2) is 19.2 Å². The maximum absolute atomic E-state index is 12.6. The Morgan fingerprint density at radius 3 is 1.75 bits per heavy atom. The van der Waals surface area contributed by atoms with Crippen LogP contribution in [0.1, 0.15) is 34.7 Å². The van der Waals surface area contributed by atoms with E-state index in [1.165, 1.54) is 19.3 Å². The molecule has 0 aliphatic heterocycles. The van der Waals surface area contributed by atoms with Gasteiger partial charge in [-0.1, -0.05) is 68.2 Å². The minimum absolute atomic E-state index is 0.106. The van der Waals surface area contributed by atoms with Crippen LogP contribution in [0.25, 0.3) is 17.2 Å². The van der Waals surface area contributed by atoms with Crippen LogP contribution in [0.4, 0.5) is 0 Å². The summed E-state index contributed by atoms with van der Waals surface area (Å²) in [5, 5.41) is 0. The third kappa shape index (κ3) is 12.7. The summed E-state index contributed by atoms with van der Waals surface area (Å²) in [4.78, 5) is 47.2. The fraction of sp³-hybridized carbons (Fsp3) is 0.0870. The number of rotatable bonds is 15. The standard InChI is InChI=1S/C46H36O10/c1-6-42(47)52-28-27-41-40(36-18-11-33(12-19-36)9-10-34-14-22-38(23-15-34)51-29-30-53-43(48)7-2)26-21-37(45(41)56-44(49)8-3)20-13-35-16-24-39(25-17-35)54-31-55-46(50)32(4)5/h6-8,11-12,14-19,21-28H,1-4,29-31H2,5H3/b28-27+. The summed E-state index contributed by atoms with van der Waals surface area (Å²) in [5.74, 6) is 11.1. The molecular weight excluding hydrogens is 712 g/mol. The first kappa shape index (κ1) is 40.9. The van der Waals surface area contributed by atoms with Gasteiger partial charge in [0.05, 0.1) is 11.8 Å². The monoisotopic (exact) mass is 748 g/mol. The highest BCUT2D eigenvalue weighted by atomic mass is 16.7. The third-order valence-corrected chi connectivity index (χ3v) is 7.28. The number of hydrogen-bond acceptors (Lipinski definition) is 10. The number of carbonyl (C=O) groups excluding carboxylic acids is 4. The van der Waals surface area contributed by atoms with Crippen LogP contribution in [0.2, 0.25) is 0 Å². The second-order valence-corrected chi connectivity index (χ2v) is 11.3. The molecule has 10 nitrogen and oxygen atoms in total. The van der Waals surface area contributed by atoms with Gasteiger partial charge in [0.25, 0.3) is 0 Å². The van der Waals surface area contributed by atoms with Crippen LogP contribution in [0.5, 0.6) is 17.2 Å². The molecule has 0 heterocycles. The van der Waals surface area contributed by atoms with E-state index in [-0.39, 0.29) is 31.3 Å². The van der Waals surface area contributed by atoms with E-state index in [9.17, 15) is 19.2 Å². The number of benzene rings is 4. The van der Waals surface area contributed by atoms with Crippen molar-refractivity contribution < 1.29 is 47.6 Å². The molecule has 0 aliphatic rings. The summed E-state index contributed by atoms with van der Waals surface area (Å²) >= 11 is 0. The van der Waals surface area contributed by atoms with E-state index in [2.05, 4.69) is 50.0 Å². The molecule has 4 rings (SSSR count). The molecule has 0 atom stereocenters. The fourth-order valence-electron chi connectivity index (χ4n) is 4.51. The molecule has 0 N–H and O–H groups in total. The molecule has 0 fully saturated rings. The number of carbonyl (C=O) groups is 4. The minimum atomic E-state index is -0.726. The summed E-state index contributed by atoms with van der Waals surface area (Å²) in [6.45, 7) is 15.4. The van der Waals surface area contributed by atoms with E-state index >= 15 is 0 Å². The van der Waals surface area contributed by atoms with Gasteiger partial charge in [-0.15, -0.1) is 0 Å². The van der Waals surface area contributed by atoms with E-state index in [1.54, 1.807) is 48.5 Å². The number of ether oxygens (including phenoxy) is 6. The summed E-state index contributed by atoms with van der Waals surface area (Å²) < 4.78 is 31.7. The first-order valence-corrected chi connectivity index (χ1v) is 16.8. The Morgan fingerprint density at radius 2 is 1.18 bits per heavy atom. The quantitative estimate of drug-likeness (QED) is 0.0176. The molecule has 0 aliphatic carbocycles. The second kappa shape index (κ2) is 21.0. The molecule has 4 aromatic rings.